The van der Waals surface area contributed by atoms with Gasteiger partial charge in [-0.25, -0.2) is 18.5 Å². The van der Waals surface area contributed by atoms with Gasteiger partial charge in [-0.05, 0) is 188 Å². The van der Waals surface area contributed by atoms with E-state index < -0.39 is 153 Å². The van der Waals surface area contributed by atoms with Crippen molar-refractivity contribution in [2.75, 3.05) is 80.0 Å². The monoisotopic (exact) mass is 1840 g/mol. The number of phosphoric acid groups is 2. The molecule has 2 bridgehead atoms. The minimum Gasteiger partial charge on any atom is -0.382 e. The van der Waals surface area contributed by atoms with Crippen molar-refractivity contribution < 1.29 is 126 Å². The summed E-state index contributed by atoms with van der Waals surface area (Å²) in [5, 5.41) is 0. The van der Waals surface area contributed by atoms with Gasteiger partial charge >= 0.3 is 30.0 Å². The van der Waals surface area contributed by atoms with Crippen molar-refractivity contribution >= 4 is 122 Å². The molecule has 16 radical (unpaired) electrons. The van der Waals surface area contributed by atoms with E-state index in [2.05, 4.69) is 109 Å². The molecule has 30 nitrogen and oxygen atoms in total. The van der Waals surface area contributed by atoms with E-state index in [0.29, 0.717) is 71.1 Å². The van der Waals surface area contributed by atoms with Crippen molar-refractivity contribution in [3.8, 4) is 0 Å². The summed E-state index contributed by atoms with van der Waals surface area (Å²) in [6.07, 6.45) is -0.544. The zero-order valence-corrected chi connectivity index (χ0v) is 83.3. The van der Waals surface area contributed by atoms with Crippen LogP contribution in [0.15, 0.2) is 0 Å². The van der Waals surface area contributed by atoms with Crippen LogP contribution in [0, 0.1) is 21.7 Å². The maximum atomic E-state index is 13.9. The SMILES string of the molecule is CP=O.[3H]P=O.[B]C1CC(OC(C)(C)C)C(COP(=O)(O)OC2CC([B])OC2CC(C)(C)C)O1.[B]C1CC(OC(C)(C)C)C(COP(O)(=S)OC2CC([B])OC2CC(C)(C)C)O1.[B]C1CC(OP(=O)(O)OCC23COC(C([B])O2)C3OC(C)(C)C)C(CC(C)(C)C)O1.[B]C1CN(C(C)(C)C)CC(COP(=O)(N(C)C)N2CC([B])OC(CC(C)(C)C)C2)O1. The number of hydrogen-bond donors (Lipinski definition) is 3. The molecule has 684 valence electrons. The summed E-state index contributed by atoms with van der Waals surface area (Å²) in [7, 11) is 38.7. The molecule has 0 saturated carbocycles. The standard InChI is InChI=1S/C20H40B2N3O4P.C19H33B2O8P.C18H33B2O7P.C18H33B2O6PS.CH3OP.HOP/c1-19(2,3)9-15-11-25(13-18(22)28-15)30(26,23(7)8)27-14-16-10-24(20(4,5)6)12-17(21)29-16;1-17(2,3)8-12-11(7-13(20)26-12)29-30(22,23)25-10-19-9-24-14(16(21)28-19)15(19)27-18(4,5)6;1-17(2,3)9-13-12(8-16(20)24-13)27-28(21,22)23-10-14-11(7-15(19)25-14)26-18(4,5)6;1-17(2,3)9-13-12(8-16(20)23-13)26-27(21,28)22-10-14-11(7-15(19)24-14)25-18(4,5)6;1-3-2;1-2/h15-18H,9-14H2,1-8H3;11-16H,7-10H2,1-6H3,(H,22,23);11-16H,7-10H2,1-6H3,(H,21,22);11-16H,7-10H2,1-6H3,(H,21,28);1H3;2H/i;;;;;2T. The third kappa shape index (κ3) is 41.6. The fourth-order valence-corrected chi connectivity index (χ4v) is 20.6. The maximum absolute atomic E-state index is 13.9. The molecule has 0 aromatic rings. The van der Waals surface area contributed by atoms with Gasteiger partial charge in [-0.15, -0.1) is 0 Å². The summed E-state index contributed by atoms with van der Waals surface area (Å²) in [6.45, 7) is 49.2. The van der Waals surface area contributed by atoms with Crippen LogP contribution in [-0.4, -0.2) is 334 Å². The first-order valence-corrected chi connectivity index (χ1v) is 50.4. The molecule has 121 heavy (non-hydrogen) atoms. The lowest BCUT2D eigenvalue weighted by Gasteiger charge is -2.46. The topological polar surface area (TPSA) is 331 Å². The van der Waals surface area contributed by atoms with Gasteiger partial charge in [0.25, 0.3) is 0 Å². The second-order valence-corrected chi connectivity index (χ2v) is 50.0. The molecule has 0 aromatic heterocycles. The van der Waals surface area contributed by atoms with Crippen LogP contribution in [-0.2, 0) is 123 Å². The molecule has 9 heterocycles. The van der Waals surface area contributed by atoms with Gasteiger partial charge in [0.1, 0.15) is 103 Å². The largest absolute Gasteiger partial charge is 0.472 e. The molecule has 9 rings (SSSR count). The van der Waals surface area contributed by atoms with Crippen LogP contribution in [0.1, 0.15) is 224 Å². The van der Waals surface area contributed by atoms with Crippen LogP contribution in [0.25, 0.3) is 0 Å². The zero-order chi connectivity index (χ0) is 93.5. The molecule has 0 aromatic carbocycles. The van der Waals surface area contributed by atoms with Crippen LogP contribution < -0.4 is 0 Å². The molecule has 9 aliphatic rings. The van der Waals surface area contributed by atoms with Crippen molar-refractivity contribution in [3.05, 3.63) is 0 Å². The van der Waals surface area contributed by atoms with Gasteiger partial charge in [-0.3, -0.25) is 36.7 Å². The second kappa shape index (κ2) is 47.3. The molecule has 9 fully saturated rings. The summed E-state index contributed by atoms with van der Waals surface area (Å²) in [4.78, 5) is 33.5. The molecular weight excluding hydrogens is 1690 g/mol. The van der Waals surface area contributed by atoms with Crippen LogP contribution in [0.3, 0.4) is 0 Å². The summed E-state index contributed by atoms with van der Waals surface area (Å²) in [5.74, 6) is 0. The molecular formula is C76H143B8N3O27P6S. The number of fused-ring (bicyclic) bond motifs is 2. The second-order valence-electron chi connectivity index (χ2n) is 41.5. The van der Waals surface area contributed by atoms with Gasteiger partial charge in [0.2, 0.25) is 0 Å². The van der Waals surface area contributed by atoms with E-state index in [1.54, 1.807) is 25.4 Å². The molecule has 45 heteroatoms. The summed E-state index contributed by atoms with van der Waals surface area (Å²) < 4.78 is 174. The van der Waals surface area contributed by atoms with Crippen molar-refractivity contribution in [1.82, 2.24) is 14.2 Å². The molecule has 9 aliphatic heterocycles. The Kier molecular flexibility index (Phi) is 44.0. The quantitative estimate of drug-likeness (QED) is 0.0508. The first kappa shape index (κ1) is 113. The minimum atomic E-state index is -4.43. The van der Waals surface area contributed by atoms with Crippen LogP contribution >= 0.6 is 47.6 Å². The Morgan fingerprint density at radius 1 is 0.488 bits per heavy atom. The lowest BCUT2D eigenvalue weighted by Crippen LogP contribution is -2.56. The third-order valence-electron chi connectivity index (χ3n) is 19.6. The normalized spacial score (nSPS) is 35.5. The Morgan fingerprint density at radius 3 is 1.23 bits per heavy atom. The Labute approximate surface area is 746 Å². The molecule has 0 aliphatic carbocycles. The van der Waals surface area contributed by atoms with E-state index in [-0.39, 0.29) is 111 Å². The summed E-state index contributed by atoms with van der Waals surface area (Å²) in [6, 6.07) is -4.05. The fraction of sp³-hybridized carbons (Fsp3) is 1.00. The van der Waals surface area contributed by atoms with Gasteiger partial charge in [0, 0.05) is 86.4 Å². The highest BCUT2D eigenvalue weighted by Crippen LogP contribution is 2.56. The van der Waals surface area contributed by atoms with Gasteiger partial charge < -0.3 is 85.1 Å². The van der Waals surface area contributed by atoms with E-state index in [9.17, 15) is 28.4 Å². The molecule has 27 atom stereocenters. The van der Waals surface area contributed by atoms with Crippen LogP contribution in [0.5, 0.6) is 0 Å². The molecule has 3 N–H and O–H groups in total. The van der Waals surface area contributed by atoms with E-state index in [4.69, 9.17) is 173 Å². The number of ether oxygens (including phenoxy) is 12. The van der Waals surface area contributed by atoms with Gasteiger partial charge in [0.15, 0.2) is 8.46 Å². The lowest BCUT2D eigenvalue weighted by molar-refractivity contribution is -0.153. The fourth-order valence-electron chi connectivity index (χ4n) is 15.1. The molecule has 9 saturated heterocycles. The average molecular weight is 1840 g/mol. The predicted molar refractivity (Wildman–Crippen MR) is 479 cm³/mol. The smallest absolute Gasteiger partial charge is 0.382 e. The zero-order valence-electron chi connectivity index (χ0n) is 78.1. The molecule has 27 unspecified atom stereocenters. The lowest BCUT2D eigenvalue weighted by atomic mass is 9.87. The average Bonchev–Trinajstić information content (AvgIpc) is 1.57. The highest BCUT2D eigenvalue weighted by molar-refractivity contribution is 8.07. The minimum absolute atomic E-state index is 0.0257. The highest BCUT2D eigenvalue weighted by atomic mass is 32.5. The first-order chi connectivity index (χ1) is 55.3. The van der Waals surface area contributed by atoms with Gasteiger partial charge in [-0.1, -0.05) is 83.1 Å². The van der Waals surface area contributed by atoms with E-state index in [0.717, 1.165) is 12.8 Å². The maximum Gasteiger partial charge on any atom is 0.472 e. The number of nitrogens with zero attached hydrogens (tertiary/aromatic N) is 3. The first-order valence-electron chi connectivity index (χ1n) is 42.1. The number of morpholine rings is 2. The number of phosphoric ester groups is 2. The Balaban J connectivity index is 0.000000334. The Hall–Kier alpha value is 1.06. The Bertz CT molecular complexity index is 3260. The number of hydrogen-bond acceptors (Lipinski definition) is 26. The Morgan fingerprint density at radius 2 is 0.851 bits per heavy atom. The van der Waals surface area contributed by atoms with E-state index in [1.807, 2.05) is 67.0 Å². The summed E-state index contributed by atoms with van der Waals surface area (Å²) in [5.41, 5.74) is -2.31. The van der Waals surface area contributed by atoms with Crippen molar-refractivity contribution in [2.24, 2.45) is 21.7 Å². The van der Waals surface area contributed by atoms with Crippen molar-refractivity contribution in [3.63, 3.8) is 0 Å². The van der Waals surface area contributed by atoms with Crippen LogP contribution in [0.4, 0.5) is 0 Å². The summed E-state index contributed by atoms with van der Waals surface area (Å²) >= 11 is 5.22. The van der Waals surface area contributed by atoms with Crippen molar-refractivity contribution in [1.29, 1.82) is 1.28 Å². The van der Waals surface area contributed by atoms with Gasteiger partial charge in [-0.2, -0.15) is 0 Å². The van der Waals surface area contributed by atoms with E-state index in [1.165, 1.54) is 0 Å². The van der Waals surface area contributed by atoms with Crippen LogP contribution in [0.2, 0.25) is 0 Å². The molecule has 0 amide bonds. The van der Waals surface area contributed by atoms with Crippen molar-refractivity contribution in [2.45, 2.75) is 385 Å². The highest BCUT2D eigenvalue weighted by Gasteiger charge is 2.63. The number of rotatable bonds is 27. The molecule has 0 spiro atoms. The van der Waals surface area contributed by atoms with Gasteiger partial charge in [0.05, 0.1) is 111 Å². The predicted octanol–water partition coefficient (Wildman–Crippen LogP) is 11.2. The van der Waals surface area contributed by atoms with E-state index >= 15 is 0 Å². The third-order valence-corrected chi connectivity index (χ3v) is 25.8.